The molecular weight excluding hydrogens is 264 g/mol. The van der Waals surface area contributed by atoms with E-state index in [9.17, 15) is 4.79 Å². The van der Waals surface area contributed by atoms with Gasteiger partial charge in [0.25, 0.3) is 0 Å². The number of carbonyl (C=O) groups is 1. The van der Waals surface area contributed by atoms with E-state index in [1.807, 2.05) is 37.3 Å². The maximum Gasteiger partial charge on any atom is 0.354 e. The maximum absolute atomic E-state index is 11.1. The average molecular weight is 284 g/mol. The Morgan fingerprint density at radius 3 is 2.29 bits per heavy atom. The lowest BCUT2D eigenvalue weighted by Crippen LogP contribution is -2.21. The molecule has 0 amide bonds. The van der Waals surface area contributed by atoms with Gasteiger partial charge in [-0.2, -0.15) is 0 Å². The first-order valence-corrected chi connectivity index (χ1v) is 7.12. The van der Waals surface area contributed by atoms with E-state index in [1.165, 1.54) is 0 Å². The molecule has 0 spiro atoms. The van der Waals surface area contributed by atoms with Gasteiger partial charge in [0.15, 0.2) is 0 Å². The lowest BCUT2D eigenvalue weighted by atomic mass is 10.1. The first kappa shape index (κ1) is 15.0. The van der Waals surface area contributed by atoms with Crippen LogP contribution in [0, 0.1) is 6.92 Å². The molecule has 0 radical (unpaired) electrons. The van der Waals surface area contributed by atoms with E-state index in [0.29, 0.717) is 5.69 Å². The standard InChI is InChI=1S/C17H20N2O2/c1-4-19(5-2)14-8-6-13(7-9-14)15-10-12(3)11-16(18-15)17(20)21/h6-11H,4-5H2,1-3H3,(H,20,21). The number of benzene rings is 1. The first-order valence-electron chi connectivity index (χ1n) is 7.12. The highest BCUT2D eigenvalue weighted by Crippen LogP contribution is 2.23. The topological polar surface area (TPSA) is 53.4 Å². The smallest absolute Gasteiger partial charge is 0.354 e. The second-order valence-corrected chi connectivity index (χ2v) is 4.94. The van der Waals surface area contributed by atoms with E-state index >= 15 is 0 Å². The van der Waals surface area contributed by atoms with Gasteiger partial charge in [-0.1, -0.05) is 12.1 Å². The molecule has 1 aromatic heterocycles. The van der Waals surface area contributed by atoms with Gasteiger partial charge in [-0.05, 0) is 50.6 Å². The molecule has 0 aliphatic heterocycles. The van der Waals surface area contributed by atoms with Crippen molar-refractivity contribution in [2.24, 2.45) is 0 Å². The Bertz CT molecular complexity index is 632. The van der Waals surface area contributed by atoms with Gasteiger partial charge in [0.1, 0.15) is 5.69 Å². The Hall–Kier alpha value is -2.36. The van der Waals surface area contributed by atoms with Gasteiger partial charge in [0.05, 0.1) is 5.69 Å². The third-order valence-corrected chi connectivity index (χ3v) is 3.48. The number of nitrogens with zero attached hydrogens (tertiary/aromatic N) is 2. The summed E-state index contributed by atoms with van der Waals surface area (Å²) >= 11 is 0. The van der Waals surface area contributed by atoms with Crippen LogP contribution in [-0.4, -0.2) is 29.1 Å². The highest BCUT2D eigenvalue weighted by atomic mass is 16.4. The van der Waals surface area contributed by atoms with E-state index in [0.717, 1.165) is 29.9 Å². The average Bonchev–Trinajstić information content (AvgIpc) is 2.48. The number of hydrogen-bond acceptors (Lipinski definition) is 3. The summed E-state index contributed by atoms with van der Waals surface area (Å²) in [7, 11) is 0. The zero-order valence-corrected chi connectivity index (χ0v) is 12.6. The largest absolute Gasteiger partial charge is 0.477 e. The SMILES string of the molecule is CCN(CC)c1ccc(-c2cc(C)cc(C(=O)O)n2)cc1. The van der Waals surface area contributed by atoms with E-state index < -0.39 is 5.97 Å². The predicted octanol–water partition coefficient (Wildman–Crippen LogP) is 3.60. The number of aryl methyl sites for hydroxylation is 1. The quantitative estimate of drug-likeness (QED) is 0.911. The number of rotatable bonds is 5. The monoisotopic (exact) mass is 284 g/mol. The Labute approximate surface area is 125 Å². The van der Waals surface area contributed by atoms with Gasteiger partial charge in [0, 0.05) is 24.3 Å². The summed E-state index contributed by atoms with van der Waals surface area (Å²) in [6.45, 7) is 8.04. The summed E-state index contributed by atoms with van der Waals surface area (Å²) in [5, 5.41) is 9.09. The fourth-order valence-electron chi connectivity index (χ4n) is 2.36. The molecule has 2 aromatic rings. The molecule has 0 saturated carbocycles. The summed E-state index contributed by atoms with van der Waals surface area (Å²) in [4.78, 5) is 17.6. The molecular formula is C17H20N2O2. The highest BCUT2D eigenvalue weighted by molar-refractivity contribution is 5.86. The van der Waals surface area contributed by atoms with Gasteiger partial charge < -0.3 is 10.0 Å². The van der Waals surface area contributed by atoms with Gasteiger partial charge in [0.2, 0.25) is 0 Å². The molecule has 0 unspecified atom stereocenters. The van der Waals surface area contributed by atoms with Crippen molar-refractivity contribution >= 4 is 11.7 Å². The molecule has 0 saturated heterocycles. The van der Waals surface area contributed by atoms with Crippen LogP contribution in [0.15, 0.2) is 36.4 Å². The number of pyridine rings is 1. The normalized spacial score (nSPS) is 10.4. The van der Waals surface area contributed by atoms with Crippen molar-refractivity contribution in [3.8, 4) is 11.3 Å². The number of aromatic carboxylic acids is 1. The zero-order valence-electron chi connectivity index (χ0n) is 12.6. The third-order valence-electron chi connectivity index (χ3n) is 3.48. The van der Waals surface area contributed by atoms with Crippen LogP contribution in [0.2, 0.25) is 0 Å². The second kappa shape index (κ2) is 6.39. The lowest BCUT2D eigenvalue weighted by Gasteiger charge is -2.21. The molecule has 0 fully saturated rings. The van der Waals surface area contributed by atoms with Crippen LogP contribution < -0.4 is 4.90 Å². The molecule has 1 aromatic carbocycles. The molecule has 4 nitrogen and oxygen atoms in total. The molecule has 1 heterocycles. The van der Waals surface area contributed by atoms with Crippen LogP contribution in [-0.2, 0) is 0 Å². The summed E-state index contributed by atoms with van der Waals surface area (Å²) in [5.41, 5.74) is 3.76. The van der Waals surface area contributed by atoms with Crippen molar-refractivity contribution in [3.05, 3.63) is 47.7 Å². The molecule has 0 aliphatic rings. The molecule has 110 valence electrons. The van der Waals surface area contributed by atoms with Crippen LogP contribution >= 0.6 is 0 Å². The summed E-state index contributed by atoms with van der Waals surface area (Å²) < 4.78 is 0. The molecule has 0 atom stereocenters. The third kappa shape index (κ3) is 3.40. The van der Waals surface area contributed by atoms with E-state index in [2.05, 4.69) is 23.7 Å². The fraction of sp³-hybridized carbons (Fsp3) is 0.294. The molecule has 0 aliphatic carbocycles. The van der Waals surface area contributed by atoms with Gasteiger partial charge >= 0.3 is 5.97 Å². The van der Waals surface area contributed by atoms with Gasteiger partial charge in [-0.25, -0.2) is 9.78 Å². The van der Waals surface area contributed by atoms with Gasteiger partial charge in [-0.15, -0.1) is 0 Å². The zero-order chi connectivity index (χ0) is 15.4. The molecule has 4 heteroatoms. The number of anilines is 1. The van der Waals surface area contributed by atoms with Crippen LogP contribution in [0.3, 0.4) is 0 Å². The van der Waals surface area contributed by atoms with Crippen molar-refractivity contribution in [1.82, 2.24) is 4.98 Å². The van der Waals surface area contributed by atoms with E-state index in [-0.39, 0.29) is 5.69 Å². The van der Waals surface area contributed by atoms with E-state index in [4.69, 9.17) is 5.11 Å². The van der Waals surface area contributed by atoms with Crippen molar-refractivity contribution in [2.45, 2.75) is 20.8 Å². The summed E-state index contributed by atoms with van der Waals surface area (Å²) in [6.07, 6.45) is 0. The predicted molar refractivity (Wildman–Crippen MR) is 84.9 cm³/mol. The lowest BCUT2D eigenvalue weighted by molar-refractivity contribution is 0.0690. The second-order valence-electron chi connectivity index (χ2n) is 4.94. The Balaban J connectivity index is 2.36. The van der Waals surface area contributed by atoms with Crippen LogP contribution in [0.1, 0.15) is 29.9 Å². The maximum atomic E-state index is 11.1. The van der Waals surface area contributed by atoms with Crippen molar-refractivity contribution in [2.75, 3.05) is 18.0 Å². The first-order chi connectivity index (χ1) is 10.0. The van der Waals surface area contributed by atoms with Crippen molar-refractivity contribution in [3.63, 3.8) is 0 Å². The van der Waals surface area contributed by atoms with E-state index in [1.54, 1.807) is 6.07 Å². The fourth-order valence-corrected chi connectivity index (χ4v) is 2.36. The Morgan fingerprint density at radius 2 is 1.76 bits per heavy atom. The van der Waals surface area contributed by atoms with Crippen LogP contribution in [0.5, 0.6) is 0 Å². The summed E-state index contributed by atoms with van der Waals surface area (Å²) in [6, 6.07) is 11.6. The minimum Gasteiger partial charge on any atom is -0.477 e. The number of hydrogen-bond donors (Lipinski definition) is 1. The van der Waals surface area contributed by atoms with Crippen molar-refractivity contribution in [1.29, 1.82) is 0 Å². The summed E-state index contributed by atoms with van der Waals surface area (Å²) in [5.74, 6) is -1.00. The minimum atomic E-state index is -1.00. The molecule has 1 N–H and O–H groups in total. The number of carboxylic acid groups (broad SMARTS) is 1. The molecule has 21 heavy (non-hydrogen) atoms. The molecule has 2 rings (SSSR count). The highest BCUT2D eigenvalue weighted by Gasteiger charge is 2.09. The minimum absolute atomic E-state index is 0.0813. The number of aromatic nitrogens is 1. The Kier molecular flexibility index (Phi) is 4.58. The number of carboxylic acids is 1. The van der Waals surface area contributed by atoms with Crippen LogP contribution in [0.4, 0.5) is 5.69 Å². The van der Waals surface area contributed by atoms with Crippen LogP contribution in [0.25, 0.3) is 11.3 Å². The molecule has 0 bridgehead atoms. The van der Waals surface area contributed by atoms with Crippen molar-refractivity contribution < 1.29 is 9.90 Å². The van der Waals surface area contributed by atoms with Gasteiger partial charge in [-0.3, -0.25) is 0 Å². The Morgan fingerprint density at radius 1 is 1.14 bits per heavy atom.